The molecule has 0 aliphatic heterocycles. The van der Waals surface area contributed by atoms with E-state index in [1.165, 1.54) is 27.5 Å². The molecule has 0 spiro atoms. The van der Waals surface area contributed by atoms with E-state index in [1.807, 2.05) is 29.1 Å². The fourth-order valence-electron chi connectivity index (χ4n) is 6.73. The van der Waals surface area contributed by atoms with Crippen LogP contribution in [-0.2, 0) is 6.42 Å². The van der Waals surface area contributed by atoms with Crippen molar-refractivity contribution in [2.75, 3.05) is 0 Å². The molecule has 0 saturated heterocycles. The molecule has 0 amide bonds. The minimum Gasteiger partial charge on any atom is -0.457 e. The van der Waals surface area contributed by atoms with Gasteiger partial charge in [0.1, 0.15) is 17.3 Å². The van der Waals surface area contributed by atoms with E-state index in [2.05, 4.69) is 138 Å². The molecule has 47 heavy (non-hydrogen) atoms. The van der Waals surface area contributed by atoms with Gasteiger partial charge in [-0.25, -0.2) is 9.67 Å². The fraction of sp³-hybridized carbons (Fsp3) is 0.238. The molecule has 236 valence electrons. The largest absolute Gasteiger partial charge is 0.457 e. The summed E-state index contributed by atoms with van der Waals surface area (Å²) in [4.78, 5) is 4.86. The van der Waals surface area contributed by atoms with Gasteiger partial charge >= 0.3 is 0 Å². The summed E-state index contributed by atoms with van der Waals surface area (Å²) in [7, 11) is 0. The van der Waals surface area contributed by atoms with Gasteiger partial charge in [-0.2, -0.15) is 5.10 Å². The van der Waals surface area contributed by atoms with Crippen molar-refractivity contribution in [2.45, 2.75) is 60.8 Å². The molecule has 0 unspecified atom stereocenters. The molecule has 7 aromatic rings. The SMILES string of the molecule is Cc1nn(-c2cccc(Oc3ccc4c5cc(CC(C)(C)C)ccc5n(-c5cc(C(C)C)ccn5)c4c3)c2)c(C)c1-c1ccccc1. The molecule has 0 N–H and O–H groups in total. The summed E-state index contributed by atoms with van der Waals surface area (Å²) >= 11 is 0. The monoisotopic (exact) mass is 618 g/mol. The highest BCUT2D eigenvalue weighted by Gasteiger charge is 2.19. The predicted molar refractivity (Wildman–Crippen MR) is 194 cm³/mol. The molecule has 0 saturated carbocycles. The Morgan fingerprint density at radius 1 is 0.745 bits per heavy atom. The second-order valence-electron chi connectivity index (χ2n) is 14.1. The molecule has 3 heterocycles. The Morgan fingerprint density at radius 2 is 1.53 bits per heavy atom. The summed E-state index contributed by atoms with van der Waals surface area (Å²) in [5.74, 6) is 2.84. The van der Waals surface area contributed by atoms with Crippen LogP contribution in [-0.4, -0.2) is 19.3 Å². The molecule has 0 bridgehead atoms. The molecule has 4 aromatic carbocycles. The van der Waals surface area contributed by atoms with E-state index in [0.29, 0.717) is 5.92 Å². The molecular formula is C42H42N4O. The fourth-order valence-corrected chi connectivity index (χ4v) is 6.73. The molecule has 5 heteroatoms. The molecule has 3 aromatic heterocycles. The zero-order chi connectivity index (χ0) is 32.9. The maximum absolute atomic E-state index is 6.57. The summed E-state index contributed by atoms with van der Waals surface area (Å²) in [6.07, 6.45) is 2.93. The van der Waals surface area contributed by atoms with Crippen LogP contribution in [0.2, 0.25) is 0 Å². The lowest BCUT2D eigenvalue weighted by Gasteiger charge is -2.18. The topological polar surface area (TPSA) is 44.9 Å². The average Bonchev–Trinajstić information content (AvgIpc) is 3.53. The number of nitrogens with zero attached hydrogens (tertiary/aromatic N) is 4. The smallest absolute Gasteiger partial charge is 0.137 e. The molecular weight excluding hydrogens is 576 g/mol. The minimum atomic E-state index is 0.200. The van der Waals surface area contributed by atoms with Gasteiger partial charge in [0.25, 0.3) is 0 Å². The second-order valence-corrected chi connectivity index (χ2v) is 14.1. The molecule has 7 rings (SSSR count). The van der Waals surface area contributed by atoms with Crippen LogP contribution in [0.25, 0.3) is 44.4 Å². The Labute approximate surface area is 277 Å². The number of aryl methyl sites for hydroxylation is 1. The lowest BCUT2D eigenvalue weighted by atomic mass is 9.88. The summed E-state index contributed by atoms with van der Waals surface area (Å²) in [6, 6.07) is 36.2. The first-order valence-electron chi connectivity index (χ1n) is 16.5. The van der Waals surface area contributed by atoms with Crippen molar-refractivity contribution in [1.82, 2.24) is 19.3 Å². The van der Waals surface area contributed by atoms with Gasteiger partial charge in [-0.05, 0) is 96.8 Å². The van der Waals surface area contributed by atoms with Gasteiger partial charge in [-0.15, -0.1) is 0 Å². The lowest BCUT2D eigenvalue weighted by Crippen LogP contribution is -2.08. The van der Waals surface area contributed by atoms with Gasteiger partial charge < -0.3 is 4.74 Å². The van der Waals surface area contributed by atoms with Crippen molar-refractivity contribution < 1.29 is 4.74 Å². The van der Waals surface area contributed by atoms with Gasteiger partial charge in [0.2, 0.25) is 0 Å². The number of aromatic nitrogens is 4. The third-order valence-electron chi connectivity index (χ3n) is 8.85. The number of ether oxygens (including phenoxy) is 1. The van der Waals surface area contributed by atoms with E-state index in [1.54, 1.807) is 0 Å². The third kappa shape index (κ3) is 5.94. The molecule has 0 atom stereocenters. The first-order chi connectivity index (χ1) is 22.6. The summed E-state index contributed by atoms with van der Waals surface area (Å²) in [6.45, 7) is 15.5. The Balaban J connectivity index is 1.31. The number of rotatable bonds is 7. The Hall–Kier alpha value is -5.16. The number of fused-ring (bicyclic) bond motifs is 3. The number of benzene rings is 4. The maximum Gasteiger partial charge on any atom is 0.137 e. The first kappa shape index (κ1) is 30.5. The third-order valence-corrected chi connectivity index (χ3v) is 8.85. The normalized spacial score (nSPS) is 12.0. The van der Waals surface area contributed by atoms with Crippen LogP contribution in [0.5, 0.6) is 11.5 Å². The van der Waals surface area contributed by atoms with Crippen LogP contribution in [0.3, 0.4) is 0 Å². The van der Waals surface area contributed by atoms with E-state index in [-0.39, 0.29) is 5.41 Å². The summed E-state index contributed by atoms with van der Waals surface area (Å²) in [5, 5.41) is 7.33. The van der Waals surface area contributed by atoms with Gasteiger partial charge in [-0.3, -0.25) is 4.57 Å². The highest BCUT2D eigenvalue weighted by atomic mass is 16.5. The highest BCUT2D eigenvalue weighted by molar-refractivity contribution is 6.09. The molecule has 0 radical (unpaired) electrons. The van der Waals surface area contributed by atoms with Crippen LogP contribution in [0.1, 0.15) is 63.1 Å². The van der Waals surface area contributed by atoms with Crippen molar-refractivity contribution >= 4 is 21.8 Å². The maximum atomic E-state index is 6.57. The van der Waals surface area contributed by atoms with Crippen LogP contribution < -0.4 is 4.74 Å². The molecule has 0 fully saturated rings. The van der Waals surface area contributed by atoms with Gasteiger partial charge in [0, 0.05) is 40.4 Å². The van der Waals surface area contributed by atoms with Crippen molar-refractivity contribution in [3.63, 3.8) is 0 Å². The van der Waals surface area contributed by atoms with Crippen LogP contribution in [0.4, 0.5) is 0 Å². The van der Waals surface area contributed by atoms with Crippen molar-refractivity contribution in [1.29, 1.82) is 0 Å². The second kappa shape index (κ2) is 11.9. The number of hydrogen-bond acceptors (Lipinski definition) is 3. The van der Waals surface area contributed by atoms with Gasteiger partial charge in [0.05, 0.1) is 22.4 Å². The Morgan fingerprint density at radius 3 is 2.30 bits per heavy atom. The van der Waals surface area contributed by atoms with Crippen molar-refractivity contribution in [3.8, 4) is 34.1 Å². The van der Waals surface area contributed by atoms with E-state index < -0.39 is 0 Å². The quantitative estimate of drug-likeness (QED) is 0.178. The van der Waals surface area contributed by atoms with E-state index in [4.69, 9.17) is 14.8 Å². The lowest BCUT2D eigenvalue weighted by molar-refractivity contribution is 0.411. The van der Waals surface area contributed by atoms with Gasteiger partial charge in [-0.1, -0.05) is 77.1 Å². The zero-order valence-corrected chi connectivity index (χ0v) is 28.4. The predicted octanol–water partition coefficient (Wildman–Crippen LogP) is 11.2. The number of hydrogen-bond donors (Lipinski definition) is 0. The average molecular weight is 619 g/mol. The first-order valence-corrected chi connectivity index (χ1v) is 16.5. The summed E-state index contributed by atoms with van der Waals surface area (Å²) in [5.41, 5.74) is 10.4. The van der Waals surface area contributed by atoms with E-state index >= 15 is 0 Å². The zero-order valence-electron chi connectivity index (χ0n) is 28.4. The molecule has 0 aliphatic rings. The van der Waals surface area contributed by atoms with Crippen molar-refractivity contribution in [3.05, 3.63) is 132 Å². The summed E-state index contributed by atoms with van der Waals surface area (Å²) < 4.78 is 10.9. The van der Waals surface area contributed by atoms with Crippen LogP contribution in [0, 0.1) is 19.3 Å². The van der Waals surface area contributed by atoms with E-state index in [9.17, 15) is 0 Å². The van der Waals surface area contributed by atoms with E-state index in [0.717, 1.165) is 57.4 Å². The standard InChI is InChI=1S/C42H42N4O/c1-27(2)32-20-21-43-40(23-32)45-38-19-16-30(26-42(5,6)7)22-37(38)36-18-17-35(25-39(36)45)47-34-15-11-14-33(24-34)46-29(4)41(28(3)44-46)31-12-9-8-10-13-31/h8-25,27H,26H2,1-7H3. The van der Waals surface area contributed by atoms with Gasteiger partial charge in [0.15, 0.2) is 0 Å². The minimum absolute atomic E-state index is 0.200. The Bertz CT molecular complexity index is 2230. The highest BCUT2D eigenvalue weighted by Crippen LogP contribution is 2.37. The van der Waals surface area contributed by atoms with Crippen LogP contribution >= 0.6 is 0 Å². The Kier molecular flexibility index (Phi) is 7.71. The van der Waals surface area contributed by atoms with Crippen LogP contribution in [0.15, 0.2) is 109 Å². The van der Waals surface area contributed by atoms with Crippen molar-refractivity contribution in [2.24, 2.45) is 5.41 Å². The molecule has 5 nitrogen and oxygen atoms in total. The molecule has 0 aliphatic carbocycles. The number of pyridine rings is 1.